The Kier molecular flexibility index (Phi) is 7.77. The molecule has 2 aromatic heterocycles. The highest BCUT2D eigenvalue weighted by Crippen LogP contribution is 2.32. The Labute approximate surface area is 215 Å². The quantitative estimate of drug-likeness (QED) is 0.300. The zero-order chi connectivity index (χ0) is 26.7. The van der Waals surface area contributed by atoms with Crippen molar-refractivity contribution in [1.29, 1.82) is 0 Å². The van der Waals surface area contributed by atoms with Crippen LogP contribution in [0.25, 0.3) is 10.9 Å². The molecule has 2 aliphatic heterocycles. The molecule has 3 N–H and O–H groups in total. The summed E-state index contributed by atoms with van der Waals surface area (Å²) >= 11 is 0. The summed E-state index contributed by atoms with van der Waals surface area (Å²) < 4.78 is 64.1. The van der Waals surface area contributed by atoms with Crippen LogP contribution in [0.5, 0.6) is 0 Å². The maximum atomic E-state index is 13.1. The van der Waals surface area contributed by atoms with Gasteiger partial charge >= 0.3 is 6.18 Å². The van der Waals surface area contributed by atoms with Crippen molar-refractivity contribution in [3.63, 3.8) is 0 Å². The van der Waals surface area contributed by atoms with Gasteiger partial charge in [0.25, 0.3) is 0 Å². The van der Waals surface area contributed by atoms with Crippen LogP contribution in [0.2, 0.25) is 0 Å². The van der Waals surface area contributed by atoms with Crippen LogP contribution in [0, 0.1) is 5.95 Å². The maximum absolute atomic E-state index is 13.1. The van der Waals surface area contributed by atoms with Crippen molar-refractivity contribution in [2.45, 2.75) is 43.8 Å². The van der Waals surface area contributed by atoms with E-state index in [1.807, 2.05) is 0 Å². The average Bonchev–Trinajstić information content (AvgIpc) is 3.50. The lowest BCUT2D eigenvalue weighted by Gasteiger charge is -2.30. The summed E-state index contributed by atoms with van der Waals surface area (Å²) in [6.45, 7) is 2.60. The van der Waals surface area contributed by atoms with Gasteiger partial charge in [-0.15, -0.1) is 0 Å². The van der Waals surface area contributed by atoms with E-state index in [2.05, 4.69) is 30.7 Å². The lowest BCUT2D eigenvalue weighted by Crippen LogP contribution is -2.46. The number of aromatic amines is 1. The van der Waals surface area contributed by atoms with Gasteiger partial charge in [0, 0.05) is 43.9 Å². The summed E-state index contributed by atoms with van der Waals surface area (Å²) in [6.07, 6.45) is -1.60. The van der Waals surface area contributed by atoms with Crippen LogP contribution in [0.4, 0.5) is 23.4 Å². The molecule has 0 aliphatic carbocycles. The van der Waals surface area contributed by atoms with Gasteiger partial charge < -0.3 is 20.1 Å². The van der Waals surface area contributed by atoms with Gasteiger partial charge in [-0.1, -0.05) is 6.07 Å². The number of rotatable bonds is 8. The van der Waals surface area contributed by atoms with Crippen LogP contribution >= 0.6 is 0 Å². The molecule has 2 fully saturated rings. The molecule has 2 atom stereocenters. The van der Waals surface area contributed by atoms with Gasteiger partial charge in [-0.25, -0.2) is 4.98 Å². The van der Waals surface area contributed by atoms with Crippen molar-refractivity contribution in [2.24, 2.45) is 0 Å². The monoisotopic (exact) mass is 536 g/mol. The lowest BCUT2D eigenvalue weighted by molar-refractivity contribution is -0.137. The second kappa shape index (κ2) is 11.2. The Bertz CT molecular complexity index is 1250. The zero-order valence-corrected chi connectivity index (χ0v) is 20.4. The molecule has 0 spiro atoms. The highest BCUT2D eigenvalue weighted by atomic mass is 19.4. The van der Waals surface area contributed by atoms with E-state index in [9.17, 15) is 22.4 Å². The van der Waals surface area contributed by atoms with Crippen LogP contribution in [0.3, 0.4) is 0 Å². The first-order valence-corrected chi connectivity index (χ1v) is 12.4. The normalized spacial score (nSPS) is 21.2. The van der Waals surface area contributed by atoms with Crippen molar-refractivity contribution in [3.8, 4) is 0 Å². The molecule has 5 rings (SSSR count). The van der Waals surface area contributed by atoms with E-state index in [4.69, 9.17) is 9.47 Å². The Hall–Kier alpha value is -3.29. The van der Waals surface area contributed by atoms with Gasteiger partial charge in [-0.3, -0.25) is 14.8 Å². The molecule has 4 heterocycles. The van der Waals surface area contributed by atoms with Gasteiger partial charge in [0.15, 0.2) is 5.82 Å². The molecule has 1 amide bonds. The molecule has 0 saturated carbocycles. The SMILES string of the molecule is O=C(CNc1n[nH]c2ccc(C(F)(F)F)cc12)NC1CN(C2CCOCC2)C[C@@H]1OCc1ccc(F)nc1. The van der Waals surface area contributed by atoms with Crippen LogP contribution in [0.1, 0.15) is 24.0 Å². The number of nitrogens with zero attached hydrogens (tertiary/aromatic N) is 3. The fourth-order valence-corrected chi connectivity index (χ4v) is 4.90. The second-order valence-corrected chi connectivity index (χ2v) is 9.49. The minimum absolute atomic E-state index is 0.160. The van der Waals surface area contributed by atoms with Gasteiger partial charge in [-0.05, 0) is 42.7 Å². The number of likely N-dealkylation sites (tertiary alicyclic amines) is 1. The van der Waals surface area contributed by atoms with Gasteiger partial charge in [0.05, 0.1) is 36.4 Å². The third-order valence-electron chi connectivity index (χ3n) is 6.91. The lowest BCUT2D eigenvalue weighted by atomic mass is 10.1. The number of hydrogen-bond acceptors (Lipinski definition) is 7. The highest BCUT2D eigenvalue weighted by molar-refractivity contribution is 5.92. The number of aromatic nitrogens is 3. The summed E-state index contributed by atoms with van der Waals surface area (Å²) in [5.74, 6) is -0.755. The number of ether oxygens (including phenoxy) is 2. The Balaban J connectivity index is 1.22. The van der Waals surface area contributed by atoms with E-state index in [0.717, 1.165) is 25.0 Å². The van der Waals surface area contributed by atoms with Crippen LogP contribution < -0.4 is 10.6 Å². The van der Waals surface area contributed by atoms with Crippen molar-refractivity contribution in [3.05, 3.63) is 53.6 Å². The number of H-pyrrole nitrogens is 1. The summed E-state index contributed by atoms with van der Waals surface area (Å²) in [4.78, 5) is 18.8. The van der Waals surface area contributed by atoms with E-state index < -0.39 is 17.7 Å². The van der Waals surface area contributed by atoms with E-state index in [1.165, 1.54) is 18.3 Å². The van der Waals surface area contributed by atoms with Gasteiger partial charge in [0.1, 0.15) is 0 Å². The number of anilines is 1. The van der Waals surface area contributed by atoms with E-state index in [-0.39, 0.29) is 42.4 Å². The first-order valence-electron chi connectivity index (χ1n) is 12.4. The van der Waals surface area contributed by atoms with E-state index in [0.29, 0.717) is 43.4 Å². The number of carbonyl (C=O) groups is 1. The zero-order valence-electron chi connectivity index (χ0n) is 20.4. The van der Waals surface area contributed by atoms with Crippen LogP contribution in [0.15, 0.2) is 36.5 Å². The summed E-state index contributed by atoms with van der Waals surface area (Å²) in [6, 6.07) is 6.15. The van der Waals surface area contributed by atoms with Crippen molar-refractivity contribution in [1.82, 2.24) is 25.4 Å². The Morgan fingerprint density at radius 2 is 2.00 bits per heavy atom. The van der Waals surface area contributed by atoms with Crippen molar-refractivity contribution >= 4 is 22.6 Å². The summed E-state index contributed by atoms with van der Waals surface area (Å²) in [7, 11) is 0. The Morgan fingerprint density at radius 3 is 2.74 bits per heavy atom. The van der Waals surface area contributed by atoms with Gasteiger partial charge in [-0.2, -0.15) is 22.7 Å². The molecule has 13 heteroatoms. The molecule has 0 radical (unpaired) electrons. The van der Waals surface area contributed by atoms with Crippen molar-refractivity contribution in [2.75, 3.05) is 38.2 Å². The fraction of sp³-hybridized carbons (Fsp3) is 0.480. The largest absolute Gasteiger partial charge is 0.416 e. The van der Waals surface area contributed by atoms with E-state index >= 15 is 0 Å². The Morgan fingerprint density at radius 1 is 1.18 bits per heavy atom. The number of nitrogens with one attached hydrogen (secondary N) is 3. The summed E-state index contributed by atoms with van der Waals surface area (Å²) in [5, 5.41) is 12.8. The molecule has 1 aromatic carbocycles. The predicted octanol–water partition coefficient (Wildman–Crippen LogP) is 3.09. The van der Waals surface area contributed by atoms with Crippen molar-refractivity contribution < 1.29 is 31.8 Å². The maximum Gasteiger partial charge on any atom is 0.416 e. The number of amides is 1. The molecule has 0 bridgehead atoms. The number of carbonyl (C=O) groups excluding carboxylic acids is 1. The number of benzene rings is 1. The third-order valence-corrected chi connectivity index (χ3v) is 6.91. The number of fused-ring (bicyclic) bond motifs is 1. The minimum Gasteiger partial charge on any atom is -0.381 e. The average molecular weight is 537 g/mol. The number of alkyl halides is 3. The first-order chi connectivity index (χ1) is 18.3. The fourth-order valence-electron chi connectivity index (χ4n) is 4.90. The molecule has 38 heavy (non-hydrogen) atoms. The molecule has 9 nitrogen and oxygen atoms in total. The third kappa shape index (κ3) is 6.22. The number of halogens is 4. The highest BCUT2D eigenvalue weighted by Gasteiger charge is 2.38. The van der Waals surface area contributed by atoms with Gasteiger partial charge in [0.2, 0.25) is 11.9 Å². The molecule has 2 saturated heterocycles. The molecule has 3 aromatic rings. The van der Waals surface area contributed by atoms with E-state index in [1.54, 1.807) is 6.07 Å². The topological polar surface area (TPSA) is 104 Å². The van der Waals surface area contributed by atoms with Crippen LogP contribution in [-0.2, 0) is 27.1 Å². The second-order valence-electron chi connectivity index (χ2n) is 9.49. The predicted molar refractivity (Wildman–Crippen MR) is 130 cm³/mol. The standard InChI is InChI=1S/C25H28F4N6O3/c26-22-4-1-15(10-30-22)14-38-21-13-35(17-5-7-37-8-6-17)12-20(21)32-23(36)11-31-24-18-9-16(25(27,28)29)2-3-19(18)33-34-24/h1-4,9-10,17,20-21H,5-8,11-14H2,(H,32,36)(H2,31,33,34)/t20?,21-/m0/s1. The molecule has 1 unspecified atom stereocenters. The minimum atomic E-state index is -4.49. The smallest absolute Gasteiger partial charge is 0.381 e. The van der Waals surface area contributed by atoms with Crippen LogP contribution in [-0.4, -0.2) is 77.0 Å². The molecule has 204 valence electrons. The number of pyridine rings is 1. The molecular formula is C25H28F4N6O3. The molecule has 2 aliphatic rings. The first kappa shape index (κ1) is 26.3. The number of hydrogen-bond donors (Lipinski definition) is 3. The molecular weight excluding hydrogens is 508 g/mol. The summed E-state index contributed by atoms with van der Waals surface area (Å²) in [5.41, 5.74) is 0.341.